The molecule has 0 saturated carbocycles. The Morgan fingerprint density at radius 3 is 1.56 bits per heavy atom. The molecule has 0 radical (unpaired) electrons. The molecule has 276 valence electrons. The van der Waals surface area contributed by atoms with Crippen molar-refractivity contribution in [1.29, 1.82) is 5.26 Å². The summed E-state index contributed by atoms with van der Waals surface area (Å²) in [6.07, 6.45) is 1.88. The molecule has 0 amide bonds. The second-order valence-electron chi connectivity index (χ2n) is 14.8. The number of rotatable bonds is 8. The topological polar surface area (TPSA) is 49.6 Å². The molecular weight excluding hydrogens is 715 g/mol. The van der Waals surface area contributed by atoms with Gasteiger partial charge in [-0.3, -0.25) is 0 Å². The van der Waals surface area contributed by atoms with E-state index < -0.39 is 5.41 Å². The lowest BCUT2D eigenvalue weighted by molar-refractivity contribution is 0.768. The summed E-state index contributed by atoms with van der Waals surface area (Å²) in [4.78, 5) is 10.5. The Morgan fingerprint density at radius 2 is 0.932 bits per heavy atom. The summed E-state index contributed by atoms with van der Waals surface area (Å²) < 4.78 is 0. The predicted octanol–water partition coefficient (Wildman–Crippen LogP) is 13.7. The van der Waals surface area contributed by atoms with Crippen LogP contribution >= 0.6 is 0 Å². The van der Waals surface area contributed by atoms with Gasteiger partial charge in [0.2, 0.25) is 0 Å². The minimum Gasteiger partial charge on any atom is -0.227 e. The highest BCUT2D eigenvalue weighted by Gasteiger charge is 2.47. The van der Waals surface area contributed by atoms with Gasteiger partial charge in [0.05, 0.1) is 28.4 Å². The van der Waals surface area contributed by atoms with Crippen molar-refractivity contribution in [2.75, 3.05) is 0 Å². The number of hydrogen-bond donors (Lipinski definition) is 0. The third-order valence-electron chi connectivity index (χ3n) is 11.6. The van der Waals surface area contributed by atoms with E-state index in [-0.39, 0.29) is 0 Å². The Morgan fingerprint density at radius 1 is 0.441 bits per heavy atom. The van der Waals surface area contributed by atoms with Crippen molar-refractivity contribution >= 4 is 6.08 Å². The lowest BCUT2D eigenvalue weighted by atomic mass is 9.67. The average molecular weight is 752 g/mol. The summed E-state index contributed by atoms with van der Waals surface area (Å²) in [5.41, 5.74) is 16.5. The molecule has 0 atom stereocenters. The van der Waals surface area contributed by atoms with E-state index in [0.717, 1.165) is 83.7 Å². The Bertz CT molecular complexity index is 3000. The zero-order valence-corrected chi connectivity index (χ0v) is 32.3. The maximum atomic E-state index is 10.4. The second-order valence-corrected chi connectivity index (χ2v) is 14.8. The maximum Gasteiger partial charge on any atom is 0.160 e. The summed E-state index contributed by atoms with van der Waals surface area (Å²) in [5.74, 6) is 0.651. The quantitative estimate of drug-likeness (QED) is 0.155. The van der Waals surface area contributed by atoms with Gasteiger partial charge in [-0.05, 0) is 68.3 Å². The van der Waals surface area contributed by atoms with Gasteiger partial charge in [0.25, 0.3) is 0 Å². The lowest BCUT2D eigenvalue weighted by Gasteiger charge is -2.34. The van der Waals surface area contributed by atoms with Crippen molar-refractivity contribution in [3.63, 3.8) is 0 Å². The number of nitriles is 1. The number of benzene rings is 8. The monoisotopic (exact) mass is 751 g/mol. The Balaban J connectivity index is 1.15. The minimum atomic E-state index is -0.633. The molecule has 0 unspecified atom stereocenters. The highest BCUT2D eigenvalue weighted by atomic mass is 14.9. The first-order chi connectivity index (χ1) is 29.2. The van der Waals surface area contributed by atoms with E-state index in [4.69, 9.17) is 9.97 Å². The molecule has 0 aliphatic heterocycles. The van der Waals surface area contributed by atoms with Crippen LogP contribution in [0.5, 0.6) is 0 Å². The fourth-order valence-corrected chi connectivity index (χ4v) is 8.93. The molecule has 0 bridgehead atoms. The number of fused-ring (bicyclic) bond motifs is 3. The molecular formula is C56H37N3. The standard InChI is InChI=1S/C56H37N3/c1-2-48-53(40-31-29-39(30-32-40)38-17-7-3-8-18-38)58-55(41-19-9-4-10-20-41)59-54(48)44-22-15-21-42(35-44)43-33-34-49-51(36-43)56(46-24-11-5-12-25-46,47-26-13-6-14-27-47)50-28-16-23-45(37-57)52(49)50/h2-36H,1H2. The van der Waals surface area contributed by atoms with E-state index >= 15 is 0 Å². The molecule has 1 aliphatic rings. The van der Waals surface area contributed by atoms with Gasteiger partial charge in [-0.25, -0.2) is 9.97 Å². The first-order valence-electron chi connectivity index (χ1n) is 19.8. The maximum absolute atomic E-state index is 10.4. The SMILES string of the molecule is C=Cc1c(-c2ccc(-c3ccccc3)cc2)nc(-c2ccccc2)nc1-c1cccc(-c2ccc3c(c2)C(c2ccccc2)(c2ccccc2)c2cccc(C#N)c2-3)c1. The normalized spacial score (nSPS) is 12.3. The first-order valence-corrected chi connectivity index (χ1v) is 19.8. The largest absolute Gasteiger partial charge is 0.227 e. The van der Waals surface area contributed by atoms with Crippen LogP contribution < -0.4 is 0 Å². The lowest BCUT2D eigenvalue weighted by Crippen LogP contribution is -2.28. The van der Waals surface area contributed by atoms with Crippen LogP contribution in [-0.4, -0.2) is 9.97 Å². The van der Waals surface area contributed by atoms with Gasteiger partial charge < -0.3 is 0 Å². The highest BCUT2D eigenvalue weighted by molar-refractivity contribution is 5.92. The van der Waals surface area contributed by atoms with Crippen LogP contribution in [0.15, 0.2) is 213 Å². The zero-order valence-electron chi connectivity index (χ0n) is 32.3. The minimum absolute atomic E-state index is 0.633. The first kappa shape index (κ1) is 35.5. The Kier molecular flexibility index (Phi) is 8.94. The van der Waals surface area contributed by atoms with Crippen molar-refractivity contribution in [3.05, 3.63) is 246 Å². The van der Waals surface area contributed by atoms with Crippen LogP contribution in [0.1, 0.15) is 33.4 Å². The zero-order chi connectivity index (χ0) is 39.8. The van der Waals surface area contributed by atoms with Gasteiger partial charge in [0, 0.05) is 27.8 Å². The molecule has 9 aromatic rings. The van der Waals surface area contributed by atoms with Crippen LogP contribution in [0.2, 0.25) is 0 Å². The summed E-state index contributed by atoms with van der Waals surface area (Å²) in [7, 11) is 0. The van der Waals surface area contributed by atoms with E-state index in [2.05, 4.69) is 183 Å². The van der Waals surface area contributed by atoms with Crippen molar-refractivity contribution < 1.29 is 0 Å². The van der Waals surface area contributed by atoms with Crippen LogP contribution in [0.25, 0.3) is 73.4 Å². The molecule has 0 fully saturated rings. The predicted molar refractivity (Wildman–Crippen MR) is 241 cm³/mol. The molecule has 0 spiro atoms. The summed E-state index contributed by atoms with van der Waals surface area (Å²) in [6.45, 7) is 4.30. The Labute approximate surface area is 344 Å². The summed E-state index contributed by atoms with van der Waals surface area (Å²) >= 11 is 0. The van der Waals surface area contributed by atoms with Gasteiger partial charge in [0.1, 0.15) is 0 Å². The number of hydrogen-bond acceptors (Lipinski definition) is 3. The summed E-state index contributed by atoms with van der Waals surface area (Å²) in [6, 6.07) is 74.5. The average Bonchev–Trinajstić information content (AvgIpc) is 3.63. The molecule has 1 heterocycles. The van der Waals surface area contributed by atoms with Crippen LogP contribution in [0.3, 0.4) is 0 Å². The molecule has 1 aromatic heterocycles. The van der Waals surface area contributed by atoms with Gasteiger partial charge in [-0.1, -0.05) is 201 Å². The fourth-order valence-electron chi connectivity index (χ4n) is 8.93. The van der Waals surface area contributed by atoms with Gasteiger partial charge in [-0.15, -0.1) is 0 Å². The van der Waals surface area contributed by atoms with Gasteiger partial charge in [0.15, 0.2) is 5.82 Å². The molecule has 1 aliphatic carbocycles. The number of aromatic nitrogens is 2. The van der Waals surface area contributed by atoms with E-state index in [1.165, 1.54) is 5.56 Å². The van der Waals surface area contributed by atoms with Crippen LogP contribution in [-0.2, 0) is 5.41 Å². The van der Waals surface area contributed by atoms with Crippen molar-refractivity contribution in [2.45, 2.75) is 5.41 Å². The van der Waals surface area contributed by atoms with Crippen molar-refractivity contribution in [3.8, 4) is 73.4 Å². The third-order valence-corrected chi connectivity index (χ3v) is 11.6. The van der Waals surface area contributed by atoms with Gasteiger partial charge in [-0.2, -0.15) is 5.26 Å². The van der Waals surface area contributed by atoms with Crippen molar-refractivity contribution in [1.82, 2.24) is 9.97 Å². The van der Waals surface area contributed by atoms with E-state index in [1.54, 1.807) is 0 Å². The van der Waals surface area contributed by atoms with E-state index in [0.29, 0.717) is 11.4 Å². The van der Waals surface area contributed by atoms with Crippen LogP contribution in [0.4, 0.5) is 0 Å². The molecule has 3 nitrogen and oxygen atoms in total. The molecule has 59 heavy (non-hydrogen) atoms. The van der Waals surface area contributed by atoms with E-state index in [1.807, 2.05) is 42.5 Å². The summed E-state index contributed by atoms with van der Waals surface area (Å²) in [5, 5.41) is 10.4. The molecule has 8 aromatic carbocycles. The smallest absolute Gasteiger partial charge is 0.160 e. The van der Waals surface area contributed by atoms with E-state index in [9.17, 15) is 5.26 Å². The van der Waals surface area contributed by atoms with Crippen molar-refractivity contribution in [2.24, 2.45) is 0 Å². The molecule has 0 N–H and O–H groups in total. The fraction of sp³-hybridized carbons (Fsp3) is 0.0179. The molecule has 0 saturated heterocycles. The highest BCUT2D eigenvalue weighted by Crippen LogP contribution is 2.57. The molecule has 10 rings (SSSR count). The van der Waals surface area contributed by atoms with Crippen LogP contribution in [0, 0.1) is 11.3 Å². The Hall–Kier alpha value is -7.93. The third kappa shape index (κ3) is 5.98. The van der Waals surface area contributed by atoms with Gasteiger partial charge >= 0.3 is 0 Å². The number of nitrogens with zero attached hydrogens (tertiary/aromatic N) is 3. The molecule has 3 heteroatoms. The second kappa shape index (κ2) is 14.9.